The van der Waals surface area contributed by atoms with E-state index in [1.54, 1.807) is 12.1 Å². The molecule has 2 N–H and O–H groups in total. The van der Waals surface area contributed by atoms with E-state index in [9.17, 15) is 9.59 Å². The van der Waals surface area contributed by atoms with Gasteiger partial charge in [-0.1, -0.05) is 30.3 Å². The number of primary amides is 1. The predicted molar refractivity (Wildman–Crippen MR) is 91.3 cm³/mol. The molecule has 4 heteroatoms. The molecule has 3 rings (SSSR count). The second kappa shape index (κ2) is 5.72. The molecule has 116 valence electrons. The number of benzene rings is 2. The van der Waals surface area contributed by atoms with E-state index >= 15 is 0 Å². The van der Waals surface area contributed by atoms with Crippen molar-refractivity contribution >= 4 is 22.6 Å². The van der Waals surface area contributed by atoms with Gasteiger partial charge in [-0.3, -0.25) is 9.59 Å². The standard InChI is InChI=1S/C19H18N2O2/c1-12(2)21-10-9-16-11-15(7-8-17(16)21)13-3-5-14(6-4-13)18(22)19(20)23/h3-12H,1-2H3,(H2,20,23). The van der Waals surface area contributed by atoms with Gasteiger partial charge >= 0.3 is 0 Å². The second-order valence-electron chi connectivity index (χ2n) is 5.86. The fourth-order valence-electron chi connectivity index (χ4n) is 2.75. The third kappa shape index (κ3) is 2.75. The van der Waals surface area contributed by atoms with Crippen molar-refractivity contribution in [1.29, 1.82) is 0 Å². The quantitative estimate of drug-likeness (QED) is 0.591. The van der Waals surface area contributed by atoms with Gasteiger partial charge in [0.05, 0.1) is 0 Å². The van der Waals surface area contributed by atoms with Crippen molar-refractivity contribution in [3.05, 3.63) is 60.3 Å². The molecule has 1 amide bonds. The topological polar surface area (TPSA) is 65.1 Å². The zero-order valence-corrected chi connectivity index (χ0v) is 13.1. The summed E-state index contributed by atoms with van der Waals surface area (Å²) in [6.07, 6.45) is 2.09. The molecule has 0 aliphatic carbocycles. The van der Waals surface area contributed by atoms with Crippen LogP contribution in [-0.2, 0) is 4.79 Å². The van der Waals surface area contributed by atoms with Gasteiger partial charge in [0.2, 0.25) is 5.78 Å². The van der Waals surface area contributed by atoms with Crippen molar-refractivity contribution in [3.63, 3.8) is 0 Å². The number of ketones is 1. The molecule has 0 atom stereocenters. The SMILES string of the molecule is CC(C)n1ccc2cc(-c3ccc(C(=O)C(N)=O)cc3)ccc21. The molecule has 0 fully saturated rings. The van der Waals surface area contributed by atoms with Crippen LogP contribution in [0.2, 0.25) is 0 Å². The number of Topliss-reactive ketones (excluding diaryl/α,β-unsaturated/α-hetero) is 1. The summed E-state index contributed by atoms with van der Waals surface area (Å²) in [5.41, 5.74) is 8.58. The highest BCUT2D eigenvalue weighted by atomic mass is 16.2. The van der Waals surface area contributed by atoms with E-state index in [4.69, 9.17) is 5.73 Å². The summed E-state index contributed by atoms with van der Waals surface area (Å²) in [6.45, 7) is 4.31. The Hall–Kier alpha value is -2.88. The highest BCUT2D eigenvalue weighted by Crippen LogP contribution is 2.27. The molecule has 4 nitrogen and oxygen atoms in total. The first-order valence-electron chi connectivity index (χ1n) is 7.52. The summed E-state index contributed by atoms with van der Waals surface area (Å²) in [5.74, 6) is -1.60. The Morgan fingerprint density at radius 1 is 0.957 bits per heavy atom. The van der Waals surface area contributed by atoms with Gasteiger partial charge in [-0.15, -0.1) is 0 Å². The molecule has 0 spiro atoms. The number of aromatic nitrogens is 1. The first-order chi connectivity index (χ1) is 11.0. The van der Waals surface area contributed by atoms with Gasteiger partial charge in [0, 0.05) is 28.7 Å². The maximum atomic E-state index is 11.6. The number of hydrogen-bond acceptors (Lipinski definition) is 2. The van der Waals surface area contributed by atoms with Crippen LogP contribution >= 0.6 is 0 Å². The van der Waals surface area contributed by atoms with Crippen molar-refractivity contribution in [2.24, 2.45) is 5.73 Å². The van der Waals surface area contributed by atoms with Crippen molar-refractivity contribution < 1.29 is 9.59 Å². The van der Waals surface area contributed by atoms with E-state index in [0.717, 1.165) is 11.1 Å². The Morgan fingerprint density at radius 2 is 1.61 bits per heavy atom. The predicted octanol–water partition coefficient (Wildman–Crippen LogP) is 3.56. The van der Waals surface area contributed by atoms with E-state index in [2.05, 4.69) is 48.9 Å². The van der Waals surface area contributed by atoms with Crippen LogP contribution in [0.1, 0.15) is 30.2 Å². The fourth-order valence-corrected chi connectivity index (χ4v) is 2.75. The van der Waals surface area contributed by atoms with Gasteiger partial charge in [0.1, 0.15) is 0 Å². The van der Waals surface area contributed by atoms with Crippen LogP contribution in [0.3, 0.4) is 0 Å². The lowest BCUT2D eigenvalue weighted by Gasteiger charge is -2.10. The van der Waals surface area contributed by atoms with Crippen LogP contribution in [0.5, 0.6) is 0 Å². The highest BCUT2D eigenvalue weighted by molar-refractivity contribution is 6.42. The van der Waals surface area contributed by atoms with Crippen molar-refractivity contribution in [3.8, 4) is 11.1 Å². The number of nitrogens with zero attached hydrogens (tertiary/aromatic N) is 1. The Morgan fingerprint density at radius 3 is 2.22 bits per heavy atom. The van der Waals surface area contributed by atoms with E-state index in [1.807, 2.05) is 12.1 Å². The minimum atomic E-state index is -0.936. The monoisotopic (exact) mass is 306 g/mol. The van der Waals surface area contributed by atoms with E-state index < -0.39 is 11.7 Å². The maximum Gasteiger partial charge on any atom is 0.289 e. The molecule has 0 unspecified atom stereocenters. The number of carbonyl (C=O) groups excluding carboxylic acids is 2. The number of amides is 1. The lowest BCUT2D eigenvalue weighted by Crippen LogP contribution is -2.22. The maximum absolute atomic E-state index is 11.6. The Balaban J connectivity index is 1.97. The van der Waals surface area contributed by atoms with Gasteiger partial charge in [0.25, 0.3) is 5.91 Å². The summed E-state index contributed by atoms with van der Waals surface area (Å²) in [6, 6.07) is 15.7. The van der Waals surface area contributed by atoms with E-state index in [0.29, 0.717) is 11.6 Å². The summed E-state index contributed by atoms with van der Waals surface area (Å²) >= 11 is 0. The van der Waals surface area contributed by atoms with Crippen molar-refractivity contribution in [2.75, 3.05) is 0 Å². The third-order valence-corrected chi connectivity index (χ3v) is 3.98. The van der Waals surface area contributed by atoms with Gasteiger partial charge in [-0.25, -0.2) is 0 Å². The zero-order chi connectivity index (χ0) is 16.6. The smallest absolute Gasteiger partial charge is 0.289 e. The van der Waals surface area contributed by atoms with Crippen LogP contribution in [0.4, 0.5) is 0 Å². The molecule has 3 aromatic rings. The molecule has 0 bridgehead atoms. The van der Waals surface area contributed by atoms with Crippen LogP contribution in [0, 0.1) is 0 Å². The second-order valence-corrected chi connectivity index (χ2v) is 5.86. The number of nitrogens with two attached hydrogens (primary N) is 1. The van der Waals surface area contributed by atoms with Crippen molar-refractivity contribution in [1.82, 2.24) is 4.57 Å². The lowest BCUT2D eigenvalue weighted by molar-refractivity contribution is -0.114. The number of hydrogen-bond donors (Lipinski definition) is 1. The number of carbonyl (C=O) groups is 2. The molecule has 0 aliphatic heterocycles. The highest BCUT2D eigenvalue weighted by Gasteiger charge is 2.12. The Kier molecular flexibility index (Phi) is 3.74. The molecule has 2 aromatic carbocycles. The molecule has 1 heterocycles. The third-order valence-electron chi connectivity index (χ3n) is 3.98. The Bertz CT molecular complexity index is 889. The minimum Gasteiger partial charge on any atom is -0.363 e. The average molecular weight is 306 g/mol. The molecule has 0 aliphatic rings. The van der Waals surface area contributed by atoms with E-state index in [-0.39, 0.29) is 0 Å². The van der Waals surface area contributed by atoms with Crippen LogP contribution in [0.15, 0.2) is 54.7 Å². The number of rotatable bonds is 4. The van der Waals surface area contributed by atoms with Gasteiger partial charge in [-0.2, -0.15) is 0 Å². The largest absolute Gasteiger partial charge is 0.363 e. The van der Waals surface area contributed by atoms with Gasteiger partial charge in [-0.05, 0) is 43.2 Å². The van der Waals surface area contributed by atoms with Gasteiger partial charge in [0.15, 0.2) is 0 Å². The Labute approximate surface area is 134 Å². The summed E-state index contributed by atoms with van der Waals surface area (Å²) < 4.78 is 2.23. The van der Waals surface area contributed by atoms with Crippen LogP contribution < -0.4 is 5.73 Å². The van der Waals surface area contributed by atoms with Crippen LogP contribution in [-0.4, -0.2) is 16.3 Å². The molecule has 1 aromatic heterocycles. The van der Waals surface area contributed by atoms with E-state index in [1.165, 1.54) is 10.9 Å². The zero-order valence-electron chi connectivity index (χ0n) is 13.1. The molecule has 23 heavy (non-hydrogen) atoms. The normalized spacial score (nSPS) is 11.1. The van der Waals surface area contributed by atoms with Gasteiger partial charge < -0.3 is 10.3 Å². The van der Waals surface area contributed by atoms with Crippen molar-refractivity contribution in [2.45, 2.75) is 19.9 Å². The molecular weight excluding hydrogens is 288 g/mol. The fraction of sp³-hybridized carbons (Fsp3) is 0.158. The summed E-state index contributed by atoms with van der Waals surface area (Å²) in [5, 5.41) is 1.17. The minimum absolute atomic E-state index is 0.313. The summed E-state index contributed by atoms with van der Waals surface area (Å²) in [7, 11) is 0. The first kappa shape index (κ1) is 15.0. The lowest BCUT2D eigenvalue weighted by atomic mass is 10.0. The van der Waals surface area contributed by atoms with Crippen LogP contribution in [0.25, 0.3) is 22.0 Å². The molecular formula is C19H18N2O2. The molecule has 0 saturated carbocycles. The molecule has 0 radical (unpaired) electrons. The average Bonchev–Trinajstić information content (AvgIpc) is 2.97. The first-order valence-corrected chi connectivity index (χ1v) is 7.52. The molecule has 0 saturated heterocycles. The number of fused-ring (bicyclic) bond motifs is 1. The summed E-state index contributed by atoms with van der Waals surface area (Å²) in [4.78, 5) is 22.5.